The van der Waals surface area contributed by atoms with Gasteiger partial charge in [0.1, 0.15) is 5.82 Å². The van der Waals surface area contributed by atoms with E-state index in [1.807, 2.05) is 6.20 Å². The van der Waals surface area contributed by atoms with Gasteiger partial charge in [0.05, 0.1) is 0 Å². The van der Waals surface area contributed by atoms with Gasteiger partial charge in [0, 0.05) is 29.8 Å². The first-order chi connectivity index (χ1) is 8.70. The summed E-state index contributed by atoms with van der Waals surface area (Å²) in [6.07, 6.45) is 5.66. The molecule has 100 valence electrons. The van der Waals surface area contributed by atoms with Crippen LogP contribution in [-0.4, -0.2) is 30.7 Å². The zero-order valence-electron chi connectivity index (χ0n) is 11.2. The zero-order valence-corrected chi connectivity index (χ0v) is 12.8. The quantitative estimate of drug-likeness (QED) is 0.905. The van der Waals surface area contributed by atoms with Crippen molar-refractivity contribution in [1.82, 2.24) is 10.3 Å². The van der Waals surface area contributed by atoms with Gasteiger partial charge < -0.3 is 10.2 Å². The molecule has 0 aromatic carbocycles. The summed E-state index contributed by atoms with van der Waals surface area (Å²) in [7, 11) is 0. The molecule has 1 aromatic heterocycles. The zero-order chi connectivity index (χ0) is 13.0. The lowest BCUT2D eigenvalue weighted by atomic mass is 10.2. The summed E-state index contributed by atoms with van der Waals surface area (Å²) in [6.45, 7) is 7.65. The predicted molar refractivity (Wildman–Crippen MR) is 80.2 cm³/mol. The van der Waals surface area contributed by atoms with E-state index in [-0.39, 0.29) is 0 Å². The molecule has 0 radical (unpaired) electrons. The number of aromatic nitrogens is 1. The normalized spacial score (nSPS) is 19.2. The number of nitrogens with one attached hydrogen (secondary N) is 1. The lowest BCUT2D eigenvalue weighted by Crippen LogP contribution is -2.38. The average Bonchev–Trinajstić information content (AvgIpc) is 2.85. The van der Waals surface area contributed by atoms with Crippen molar-refractivity contribution >= 4 is 21.7 Å². The van der Waals surface area contributed by atoms with Crippen LogP contribution in [0.3, 0.4) is 0 Å². The number of hydrogen-bond donors (Lipinski definition) is 1. The number of nitrogens with zero attached hydrogens (tertiary/aromatic N) is 2. The number of aryl methyl sites for hydroxylation is 1. The van der Waals surface area contributed by atoms with E-state index in [0.29, 0.717) is 6.04 Å². The van der Waals surface area contributed by atoms with E-state index in [4.69, 9.17) is 0 Å². The standard InChI is InChI=1S/C14H22BrN3/c1-3-7-18(10-12-5-4-6-16-12)14-8-11(2)13(15)9-17-14/h8-9,12,16H,3-7,10H2,1-2H3. The van der Waals surface area contributed by atoms with Crippen LogP contribution < -0.4 is 10.2 Å². The summed E-state index contributed by atoms with van der Waals surface area (Å²) in [4.78, 5) is 6.96. The van der Waals surface area contributed by atoms with E-state index in [0.717, 1.165) is 36.3 Å². The molecule has 2 heterocycles. The van der Waals surface area contributed by atoms with E-state index in [1.54, 1.807) is 0 Å². The molecule has 0 bridgehead atoms. The summed E-state index contributed by atoms with van der Waals surface area (Å²) in [5, 5.41) is 3.56. The van der Waals surface area contributed by atoms with Crippen LogP contribution in [0.25, 0.3) is 0 Å². The van der Waals surface area contributed by atoms with Crippen molar-refractivity contribution in [3.63, 3.8) is 0 Å². The molecule has 1 N–H and O–H groups in total. The fourth-order valence-electron chi connectivity index (χ4n) is 2.45. The highest BCUT2D eigenvalue weighted by molar-refractivity contribution is 9.10. The molecule has 1 aliphatic heterocycles. The Hall–Kier alpha value is -0.610. The fraction of sp³-hybridized carbons (Fsp3) is 0.643. The first-order valence-electron chi connectivity index (χ1n) is 6.81. The Labute approximate surface area is 118 Å². The van der Waals surface area contributed by atoms with E-state index >= 15 is 0 Å². The Morgan fingerprint density at radius 1 is 1.56 bits per heavy atom. The third-order valence-electron chi connectivity index (χ3n) is 3.45. The minimum atomic E-state index is 0.627. The first-order valence-corrected chi connectivity index (χ1v) is 7.60. The Morgan fingerprint density at radius 3 is 3.00 bits per heavy atom. The smallest absolute Gasteiger partial charge is 0.128 e. The SMILES string of the molecule is CCCN(CC1CCCN1)c1cc(C)c(Br)cn1. The summed E-state index contributed by atoms with van der Waals surface area (Å²) < 4.78 is 1.08. The van der Waals surface area contributed by atoms with Crippen molar-refractivity contribution in [2.75, 3.05) is 24.5 Å². The van der Waals surface area contributed by atoms with Crippen LogP contribution in [-0.2, 0) is 0 Å². The van der Waals surface area contributed by atoms with Crippen molar-refractivity contribution in [2.24, 2.45) is 0 Å². The molecular weight excluding hydrogens is 290 g/mol. The second-order valence-electron chi connectivity index (χ2n) is 5.03. The van der Waals surface area contributed by atoms with Crippen LogP contribution in [0.5, 0.6) is 0 Å². The Kier molecular flexibility index (Phi) is 5.01. The van der Waals surface area contributed by atoms with Gasteiger partial charge >= 0.3 is 0 Å². The van der Waals surface area contributed by atoms with Gasteiger partial charge in [0.25, 0.3) is 0 Å². The van der Waals surface area contributed by atoms with Gasteiger partial charge in [0.2, 0.25) is 0 Å². The van der Waals surface area contributed by atoms with Crippen LogP contribution in [0, 0.1) is 6.92 Å². The molecular formula is C14H22BrN3. The molecule has 0 saturated carbocycles. The molecule has 0 amide bonds. The molecule has 18 heavy (non-hydrogen) atoms. The van der Waals surface area contributed by atoms with E-state index in [9.17, 15) is 0 Å². The fourth-order valence-corrected chi connectivity index (χ4v) is 2.66. The molecule has 1 aliphatic rings. The number of halogens is 1. The van der Waals surface area contributed by atoms with Crippen molar-refractivity contribution in [1.29, 1.82) is 0 Å². The summed E-state index contributed by atoms with van der Waals surface area (Å²) >= 11 is 3.51. The summed E-state index contributed by atoms with van der Waals surface area (Å²) in [6, 6.07) is 2.80. The lowest BCUT2D eigenvalue weighted by molar-refractivity contribution is 0.575. The van der Waals surface area contributed by atoms with Crippen LogP contribution in [0.15, 0.2) is 16.7 Å². The van der Waals surface area contributed by atoms with Gasteiger partial charge in [-0.25, -0.2) is 4.98 Å². The molecule has 0 spiro atoms. The van der Waals surface area contributed by atoms with Crippen molar-refractivity contribution in [3.05, 3.63) is 22.3 Å². The highest BCUT2D eigenvalue weighted by Gasteiger charge is 2.18. The first kappa shape index (κ1) is 13.8. The van der Waals surface area contributed by atoms with E-state index in [2.05, 4.69) is 51.0 Å². The minimum Gasteiger partial charge on any atom is -0.355 e. The molecule has 1 aromatic rings. The maximum Gasteiger partial charge on any atom is 0.128 e. The highest BCUT2D eigenvalue weighted by Crippen LogP contribution is 2.21. The van der Waals surface area contributed by atoms with Crippen LogP contribution in [0.2, 0.25) is 0 Å². The predicted octanol–water partition coefficient (Wildman–Crippen LogP) is 3.12. The molecule has 1 fully saturated rings. The number of rotatable bonds is 5. The van der Waals surface area contributed by atoms with Gasteiger partial charge in [-0.3, -0.25) is 0 Å². The molecule has 0 aliphatic carbocycles. The number of hydrogen-bond acceptors (Lipinski definition) is 3. The Bertz CT molecular complexity index is 389. The molecule has 1 atom stereocenters. The molecule has 4 heteroatoms. The van der Waals surface area contributed by atoms with Gasteiger partial charge in [-0.1, -0.05) is 6.92 Å². The Morgan fingerprint density at radius 2 is 2.39 bits per heavy atom. The number of pyridine rings is 1. The monoisotopic (exact) mass is 311 g/mol. The largest absolute Gasteiger partial charge is 0.355 e. The van der Waals surface area contributed by atoms with Crippen molar-refractivity contribution < 1.29 is 0 Å². The minimum absolute atomic E-state index is 0.627. The highest BCUT2D eigenvalue weighted by atomic mass is 79.9. The van der Waals surface area contributed by atoms with Gasteiger partial charge in [-0.2, -0.15) is 0 Å². The van der Waals surface area contributed by atoms with Gasteiger partial charge in [-0.15, -0.1) is 0 Å². The maximum absolute atomic E-state index is 4.55. The molecule has 2 rings (SSSR count). The average molecular weight is 312 g/mol. The van der Waals surface area contributed by atoms with Crippen LogP contribution >= 0.6 is 15.9 Å². The summed E-state index contributed by atoms with van der Waals surface area (Å²) in [5.74, 6) is 1.10. The Balaban J connectivity index is 2.09. The summed E-state index contributed by atoms with van der Waals surface area (Å²) in [5.41, 5.74) is 1.25. The third kappa shape index (κ3) is 3.45. The number of anilines is 1. The van der Waals surface area contributed by atoms with Crippen molar-refractivity contribution in [3.8, 4) is 0 Å². The maximum atomic E-state index is 4.55. The molecule has 3 nitrogen and oxygen atoms in total. The van der Waals surface area contributed by atoms with Crippen molar-refractivity contribution in [2.45, 2.75) is 39.2 Å². The molecule has 1 unspecified atom stereocenters. The molecule has 1 saturated heterocycles. The van der Waals surface area contributed by atoms with E-state index in [1.165, 1.54) is 18.4 Å². The second-order valence-corrected chi connectivity index (χ2v) is 5.89. The topological polar surface area (TPSA) is 28.2 Å². The second kappa shape index (κ2) is 6.53. The van der Waals surface area contributed by atoms with Gasteiger partial charge in [0.15, 0.2) is 0 Å². The lowest BCUT2D eigenvalue weighted by Gasteiger charge is -2.27. The van der Waals surface area contributed by atoms with Crippen LogP contribution in [0.4, 0.5) is 5.82 Å². The van der Waals surface area contributed by atoms with E-state index < -0.39 is 0 Å². The van der Waals surface area contributed by atoms with Gasteiger partial charge in [-0.05, 0) is 60.3 Å². The third-order valence-corrected chi connectivity index (χ3v) is 4.28. The van der Waals surface area contributed by atoms with Crippen LogP contribution in [0.1, 0.15) is 31.7 Å².